The smallest absolute Gasteiger partial charge is 0.308 e. The van der Waals surface area contributed by atoms with E-state index in [0.29, 0.717) is 19.6 Å². The summed E-state index contributed by atoms with van der Waals surface area (Å²) in [4.78, 5) is 11.5. The maximum absolute atomic E-state index is 11.5. The lowest BCUT2D eigenvalue weighted by atomic mass is 9.84. The second kappa shape index (κ2) is 6.51. The fourth-order valence-electron chi connectivity index (χ4n) is 2.76. The number of aromatic nitrogens is 4. The Morgan fingerprint density at radius 3 is 2.86 bits per heavy atom. The Morgan fingerprint density at radius 1 is 1.52 bits per heavy atom. The van der Waals surface area contributed by atoms with E-state index >= 15 is 0 Å². The lowest BCUT2D eigenvalue weighted by molar-refractivity contribution is -0.143. The normalized spacial score (nSPS) is 21.2. The Bertz CT molecular complexity index is 475. The second-order valence-electron chi connectivity index (χ2n) is 6.93. The molecule has 1 aromatic heterocycles. The maximum Gasteiger partial charge on any atom is 0.308 e. The zero-order valence-corrected chi connectivity index (χ0v) is 12.9. The molecule has 1 aromatic rings. The molecule has 0 radical (unpaired) electrons. The Labute approximate surface area is 124 Å². The van der Waals surface area contributed by atoms with Crippen LogP contribution in [0.25, 0.3) is 0 Å². The third kappa shape index (κ3) is 4.49. The summed E-state index contributed by atoms with van der Waals surface area (Å²) in [7, 11) is 0. The van der Waals surface area contributed by atoms with Crippen LogP contribution in [0.5, 0.6) is 0 Å². The summed E-state index contributed by atoms with van der Waals surface area (Å²) < 4.78 is 7.11. The van der Waals surface area contributed by atoms with E-state index in [-0.39, 0.29) is 11.3 Å². The summed E-state index contributed by atoms with van der Waals surface area (Å²) in [6.45, 7) is 7.82. The molecule has 2 heterocycles. The summed E-state index contributed by atoms with van der Waals surface area (Å²) in [6, 6.07) is 0. The van der Waals surface area contributed by atoms with Crippen molar-refractivity contribution in [2.24, 2.45) is 11.3 Å². The maximum atomic E-state index is 11.5. The zero-order valence-electron chi connectivity index (χ0n) is 12.9. The predicted molar refractivity (Wildman–Crippen MR) is 75.8 cm³/mol. The molecule has 2 atom stereocenters. The summed E-state index contributed by atoms with van der Waals surface area (Å²) in [6.07, 6.45) is 2.56. The van der Waals surface area contributed by atoms with Gasteiger partial charge in [-0.1, -0.05) is 20.8 Å². The Kier molecular flexibility index (Phi) is 4.92. The fraction of sp³-hybridized carbons (Fsp3) is 0.857. The Balaban J connectivity index is 2.10. The molecule has 0 aliphatic carbocycles. The van der Waals surface area contributed by atoms with Crippen LogP contribution >= 0.6 is 0 Å². The van der Waals surface area contributed by atoms with Gasteiger partial charge in [0.05, 0.1) is 19.1 Å². The molecule has 7 nitrogen and oxygen atoms in total. The molecular formula is C14H24N4O3. The third-order valence-corrected chi connectivity index (χ3v) is 3.69. The van der Waals surface area contributed by atoms with Crippen molar-refractivity contribution in [1.29, 1.82) is 0 Å². The Hall–Kier alpha value is -1.50. The van der Waals surface area contributed by atoms with Crippen LogP contribution in [0, 0.1) is 11.3 Å². The first kappa shape index (κ1) is 15.9. The van der Waals surface area contributed by atoms with Crippen LogP contribution in [0.4, 0.5) is 0 Å². The number of hydrogen-bond donors (Lipinski definition) is 1. The van der Waals surface area contributed by atoms with Crippen LogP contribution in [-0.4, -0.2) is 44.5 Å². The van der Waals surface area contributed by atoms with Crippen LogP contribution in [0.1, 0.15) is 51.8 Å². The molecule has 1 saturated heterocycles. The number of carboxylic acids is 1. The Morgan fingerprint density at radius 2 is 2.29 bits per heavy atom. The van der Waals surface area contributed by atoms with Gasteiger partial charge in [-0.15, -0.1) is 5.10 Å². The van der Waals surface area contributed by atoms with Crippen molar-refractivity contribution in [2.45, 2.75) is 52.5 Å². The third-order valence-electron chi connectivity index (χ3n) is 3.69. The first-order valence-corrected chi connectivity index (χ1v) is 7.43. The van der Waals surface area contributed by atoms with E-state index in [1.807, 2.05) is 20.8 Å². The van der Waals surface area contributed by atoms with E-state index in [0.717, 1.165) is 25.3 Å². The molecular weight excluding hydrogens is 272 g/mol. The quantitative estimate of drug-likeness (QED) is 0.889. The molecule has 0 amide bonds. The molecule has 1 fully saturated rings. The number of nitrogens with zero attached hydrogens (tertiary/aromatic N) is 4. The number of tetrazole rings is 1. The van der Waals surface area contributed by atoms with Crippen molar-refractivity contribution < 1.29 is 14.6 Å². The summed E-state index contributed by atoms with van der Waals surface area (Å²) >= 11 is 0. The standard InChI is InChI=1S/C14H24N4O3/c1-14(2,3)7-11(13(19)20)8-18-12(15-16-17-18)10-5-4-6-21-9-10/h10-11H,4-9H2,1-3H3,(H,19,20). The average Bonchev–Trinajstić information content (AvgIpc) is 2.85. The minimum absolute atomic E-state index is 0.0504. The lowest BCUT2D eigenvalue weighted by Gasteiger charge is -2.25. The van der Waals surface area contributed by atoms with Crippen LogP contribution < -0.4 is 0 Å². The minimum atomic E-state index is -0.800. The molecule has 2 rings (SSSR count). The van der Waals surface area contributed by atoms with Crippen molar-refractivity contribution in [3.05, 3.63) is 5.82 Å². The molecule has 0 saturated carbocycles. The average molecular weight is 296 g/mol. The van der Waals surface area contributed by atoms with Gasteiger partial charge in [-0.05, 0) is 35.1 Å². The topological polar surface area (TPSA) is 90.1 Å². The number of ether oxygens (including phenoxy) is 1. The molecule has 0 spiro atoms. The number of rotatable bonds is 5. The van der Waals surface area contributed by atoms with Gasteiger partial charge in [-0.3, -0.25) is 4.79 Å². The van der Waals surface area contributed by atoms with E-state index < -0.39 is 11.9 Å². The van der Waals surface area contributed by atoms with Gasteiger partial charge in [0.1, 0.15) is 0 Å². The van der Waals surface area contributed by atoms with E-state index in [1.54, 1.807) is 4.68 Å². The van der Waals surface area contributed by atoms with Crippen molar-refractivity contribution >= 4 is 5.97 Å². The predicted octanol–water partition coefficient (Wildman–Crippen LogP) is 1.70. The number of hydrogen-bond acceptors (Lipinski definition) is 5. The molecule has 1 N–H and O–H groups in total. The van der Waals surface area contributed by atoms with E-state index in [2.05, 4.69) is 15.5 Å². The van der Waals surface area contributed by atoms with E-state index in [1.165, 1.54) is 0 Å². The second-order valence-corrected chi connectivity index (χ2v) is 6.93. The largest absolute Gasteiger partial charge is 0.481 e. The van der Waals surface area contributed by atoms with Gasteiger partial charge in [0, 0.05) is 12.5 Å². The fourth-order valence-corrected chi connectivity index (χ4v) is 2.76. The minimum Gasteiger partial charge on any atom is -0.481 e. The highest BCUT2D eigenvalue weighted by molar-refractivity contribution is 5.69. The highest BCUT2D eigenvalue weighted by atomic mass is 16.5. The van der Waals surface area contributed by atoms with Crippen molar-refractivity contribution in [2.75, 3.05) is 13.2 Å². The molecule has 1 aliphatic rings. The first-order valence-electron chi connectivity index (χ1n) is 7.43. The number of carboxylic acid groups (broad SMARTS) is 1. The van der Waals surface area contributed by atoms with E-state index in [4.69, 9.17) is 4.74 Å². The van der Waals surface area contributed by atoms with Crippen LogP contribution in [-0.2, 0) is 16.1 Å². The van der Waals surface area contributed by atoms with Gasteiger partial charge in [0.2, 0.25) is 0 Å². The van der Waals surface area contributed by atoms with Crippen molar-refractivity contribution in [1.82, 2.24) is 20.2 Å². The van der Waals surface area contributed by atoms with Crippen LogP contribution in [0.3, 0.4) is 0 Å². The van der Waals surface area contributed by atoms with Gasteiger partial charge in [0.15, 0.2) is 5.82 Å². The van der Waals surface area contributed by atoms with Gasteiger partial charge in [0.25, 0.3) is 0 Å². The van der Waals surface area contributed by atoms with Gasteiger partial charge in [-0.25, -0.2) is 4.68 Å². The molecule has 0 bridgehead atoms. The number of carbonyl (C=O) groups is 1. The lowest BCUT2D eigenvalue weighted by Crippen LogP contribution is -2.28. The molecule has 7 heteroatoms. The van der Waals surface area contributed by atoms with Crippen molar-refractivity contribution in [3.63, 3.8) is 0 Å². The summed E-state index contributed by atoms with van der Waals surface area (Å²) in [5.74, 6) is -0.379. The monoisotopic (exact) mass is 296 g/mol. The number of aliphatic carboxylic acids is 1. The van der Waals surface area contributed by atoms with Gasteiger partial charge in [-0.2, -0.15) is 0 Å². The molecule has 1 aliphatic heterocycles. The van der Waals surface area contributed by atoms with E-state index in [9.17, 15) is 9.90 Å². The van der Waals surface area contributed by atoms with Crippen LogP contribution in [0.2, 0.25) is 0 Å². The van der Waals surface area contributed by atoms with Crippen LogP contribution in [0.15, 0.2) is 0 Å². The molecule has 2 unspecified atom stereocenters. The van der Waals surface area contributed by atoms with Gasteiger partial charge >= 0.3 is 5.97 Å². The molecule has 21 heavy (non-hydrogen) atoms. The van der Waals surface area contributed by atoms with Crippen molar-refractivity contribution in [3.8, 4) is 0 Å². The molecule has 0 aromatic carbocycles. The highest BCUT2D eigenvalue weighted by Gasteiger charge is 2.28. The summed E-state index contributed by atoms with van der Waals surface area (Å²) in [5, 5.41) is 21.2. The highest BCUT2D eigenvalue weighted by Crippen LogP contribution is 2.27. The first-order chi connectivity index (χ1) is 9.87. The SMILES string of the molecule is CC(C)(C)CC(Cn1nnnc1C1CCCOC1)C(=O)O. The zero-order chi connectivity index (χ0) is 15.5. The molecule has 118 valence electrons. The summed E-state index contributed by atoms with van der Waals surface area (Å²) in [5.41, 5.74) is -0.0504. The van der Waals surface area contributed by atoms with Gasteiger partial charge < -0.3 is 9.84 Å².